The number of ether oxygens (including phenoxy) is 1. The van der Waals surface area contributed by atoms with Gasteiger partial charge in [-0.1, -0.05) is 54.0 Å². The molecule has 1 aromatic carbocycles. The minimum atomic E-state index is -0.894. The van der Waals surface area contributed by atoms with E-state index < -0.39 is 30.0 Å². The molecule has 0 saturated carbocycles. The molecule has 0 aliphatic carbocycles. The van der Waals surface area contributed by atoms with Gasteiger partial charge in [-0.25, -0.2) is 4.98 Å². The van der Waals surface area contributed by atoms with E-state index in [-0.39, 0.29) is 37.3 Å². The number of thiazole rings is 1. The molecule has 0 bridgehead atoms. The Hall–Kier alpha value is -2.80. The zero-order valence-corrected chi connectivity index (χ0v) is 24.4. The summed E-state index contributed by atoms with van der Waals surface area (Å²) in [6, 6.07) is 7.60. The molecular weight excluding hydrogens is 588 g/mol. The van der Waals surface area contributed by atoms with Gasteiger partial charge in [-0.3, -0.25) is 9.59 Å². The molecular formula is C27H33BrN4O6S. The van der Waals surface area contributed by atoms with Gasteiger partial charge in [0.15, 0.2) is 5.76 Å². The molecule has 3 aromatic rings. The molecule has 3 N–H and O–H groups in total. The zero-order valence-electron chi connectivity index (χ0n) is 22.0. The van der Waals surface area contributed by atoms with Gasteiger partial charge in [0.1, 0.15) is 12.0 Å². The van der Waals surface area contributed by atoms with Crippen molar-refractivity contribution in [3.05, 3.63) is 52.9 Å². The van der Waals surface area contributed by atoms with Gasteiger partial charge in [-0.05, 0) is 29.1 Å². The average molecular weight is 622 g/mol. The van der Waals surface area contributed by atoms with E-state index in [4.69, 9.17) is 9.26 Å². The van der Waals surface area contributed by atoms with Crippen molar-refractivity contribution in [2.75, 3.05) is 25.1 Å². The second kappa shape index (κ2) is 13.0. The molecule has 4 atom stereocenters. The average Bonchev–Trinajstić information content (AvgIpc) is 3.66. The van der Waals surface area contributed by atoms with Crippen LogP contribution in [0.4, 0.5) is 0 Å². The summed E-state index contributed by atoms with van der Waals surface area (Å²) in [6.07, 6.45) is -0.750. The number of hydrogen-bond donors (Lipinski definition) is 3. The van der Waals surface area contributed by atoms with E-state index >= 15 is 0 Å². The third-order valence-electron chi connectivity index (χ3n) is 6.76. The van der Waals surface area contributed by atoms with Crippen LogP contribution in [0.25, 0.3) is 10.4 Å². The van der Waals surface area contributed by atoms with Crippen molar-refractivity contribution >= 4 is 39.1 Å². The molecule has 2 aromatic heterocycles. The van der Waals surface area contributed by atoms with Crippen LogP contribution in [0.1, 0.15) is 49.2 Å². The van der Waals surface area contributed by atoms with Gasteiger partial charge in [0.2, 0.25) is 11.8 Å². The third kappa shape index (κ3) is 6.68. The van der Waals surface area contributed by atoms with Crippen LogP contribution in [0.5, 0.6) is 5.88 Å². The number of halogens is 1. The first-order chi connectivity index (χ1) is 18.7. The molecule has 1 saturated heterocycles. The number of nitrogens with zero attached hydrogens (tertiary/aromatic N) is 3. The Labute approximate surface area is 239 Å². The van der Waals surface area contributed by atoms with Crippen molar-refractivity contribution in [1.29, 1.82) is 0 Å². The summed E-state index contributed by atoms with van der Waals surface area (Å²) in [5.41, 5.74) is 4.47. The van der Waals surface area contributed by atoms with Crippen LogP contribution in [0, 0.1) is 12.8 Å². The molecule has 1 aliphatic heterocycles. The number of aromatic nitrogens is 2. The number of carbonyl (C=O) groups excluding carboxylic acids is 2. The van der Waals surface area contributed by atoms with E-state index in [1.165, 1.54) is 4.90 Å². The number of hydrogen-bond acceptors (Lipinski definition) is 9. The lowest BCUT2D eigenvalue weighted by Crippen LogP contribution is -2.49. The lowest BCUT2D eigenvalue weighted by Gasteiger charge is -2.29. The number of alkyl halides is 1. The first-order valence-electron chi connectivity index (χ1n) is 12.8. The maximum Gasteiger partial charge on any atom is 0.254 e. The van der Waals surface area contributed by atoms with Crippen LogP contribution in [0.15, 0.2) is 40.4 Å². The number of amides is 2. The molecule has 1 aliphatic rings. The second-order valence-corrected chi connectivity index (χ2v) is 11.5. The first kappa shape index (κ1) is 29.2. The summed E-state index contributed by atoms with van der Waals surface area (Å²) < 4.78 is 10.9. The van der Waals surface area contributed by atoms with E-state index in [0.717, 1.165) is 21.7 Å². The smallest absolute Gasteiger partial charge is 0.254 e. The molecule has 2 amide bonds. The fourth-order valence-corrected chi connectivity index (χ4v) is 5.77. The Kier molecular flexibility index (Phi) is 9.76. The van der Waals surface area contributed by atoms with E-state index in [1.54, 1.807) is 22.9 Å². The fourth-order valence-electron chi connectivity index (χ4n) is 4.80. The van der Waals surface area contributed by atoms with E-state index in [0.29, 0.717) is 17.7 Å². The molecule has 0 radical (unpaired) electrons. The van der Waals surface area contributed by atoms with Crippen LogP contribution in [-0.4, -0.2) is 74.3 Å². The van der Waals surface area contributed by atoms with Gasteiger partial charge in [0.05, 0.1) is 41.4 Å². The lowest BCUT2D eigenvalue weighted by molar-refractivity contribution is -0.141. The summed E-state index contributed by atoms with van der Waals surface area (Å²) in [7, 11) is 0. The highest BCUT2D eigenvalue weighted by Gasteiger charge is 2.43. The molecule has 12 heteroatoms. The summed E-state index contributed by atoms with van der Waals surface area (Å²) in [5, 5.41) is 27.9. The molecule has 39 heavy (non-hydrogen) atoms. The minimum Gasteiger partial charge on any atom is -0.475 e. The molecule has 0 spiro atoms. The quantitative estimate of drug-likeness (QED) is 0.277. The fraction of sp³-hybridized carbons (Fsp3) is 0.481. The molecule has 3 heterocycles. The number of likely N-dealkylation sites (tertiary alicyclic amines) is 1. The monoisotopic (exact) mass is 620 g/mol. The van der Waals surface area contributed by atoms with Crippen molar-refractivity contribution in [2.24, 2.45) is 5.92 Å². The SMILES string of the molecule is Cc1ncsc1-c1ccc(C(CO)NC(=O)[C@@H]2C[C@@H](O)CN2C(=O)C(c2cc(OCCBr)no2)C(C)C)cc1. The van der Waals surface area contributed by atoms with Crippen molar-refractivity contribution in [2.45, 2.75) is 51.3 Å². The molecule has 2 unspecified atom stereocenters. The van der Waals surface area contributed by atoms with Crippen LogP contribution < -0.4 is 10.1 Å². The van der Waals surface area contributed by atoms with Crippen LogP contribution in [-0.2, 0) is 9.59 Å². The maximum absolute atomic E-state index is 13.7. The number of benzene rings is 1. The first-order valence-corrected chi connectivity index (χ1v) is 14.8. The summed E-state index contributed by atoms with van der Waals surface area (Å²) in [4.78, 5) is 33.9. The van der Waals surface area contributed by atoms with Gasteiger partial charge in [0.25, 0.3) is 5.88 Å². The maximum atomic E-state index is 13.7. The number of aliphatic hydroxyl groups is 2. The third-order valence-corrected chi connectivity index (χ3v) is 8.06. The number of β-amino-alcohol motifs (C(OH)–C–C–N with tert-alkyl or cyclic N) is 1. The Morgan fingerprint density at radius 1 is 1.31 bits per heavy atom. The van der Waals surface area contributed by atoms with Crippen LogP contribution >= 0.6 is 27.3 Å². The van der Waals surface area contributed by atoms with Gasteiger partial charge in [-0.15, -0.1) is 11.3 Å². The van der Waals surface area contributed by atoms with Crippen molar-refractivity contribution in [1.82, 2.24) is 20.4 Å². The Balaban J connectivity index is 1.49. The minimum absolute atomic E-state index is 0.0217. The van der Waals surface area contributed by atoms with Crippen molar-refractivity contribution < 1.29 is 29.1 Å². The van der Waals surface area contributed by atoms with Gasteiger partial charge in [-0.2, -0.15) is 0 Å². The van der Waals surface area contributed by atoms with Crippen LogP contribution in [0.3, 0.4) is 0 Å². The zero-order chi connectivity index (χ0) is 28.1. The highest BCUT2D eigenvalue weighted by atomic mass is 79.9. The predicted octanol–water partition coefficient (Wildman–Crippen LogP) is 3.43. The summed E-state index contributed by atoms with van der Waals surface area (Å²) in [6.45, 7) is 5.80. The standard InChI is InChI=1S/C27H33BrN4O6S/c1-15(2)24(22-11-23(31-38-22)37-9-8-28)27(36)32-12-19(34)10-21(32)26(35)30-20(13-33)17-4-6-18(7-5-17)25-16(3)29-14-39-25/h4-7,11,14-15,19-21,24,33-34H,8-10,12-13H2,1-3H3,(H,30,35)/t19-,20?,21+,24?/m1/s1. The predicted molar refractivity (Wildman–Crippen MR) is 150 cm³/mol. The number of aliphatic hydroxyl groups excluding tert-OH is 2. The Morgan fingerprint density at radius 2 is 2.05 bits per heavy atom. The second-order valence-electron chi connectivity index (χ2n) is 9.86. The van der Waals surface area contributed by atoms with E-state index in [2.05, 4.69) is 31.4 Å². The topological polar surface area (TPSA) is 138 Å². The Morgan fingerprint density at radius 3 is 2.67 bits per heavy atom. The number of rotatable bonds is 11. The van der Waals surface area contributed by atoms with Gasteiger partial charge in [0, 0.05) is 24.4 Å². The normalized spacial score (nSPS) is 18.8. The molecule has 4 rings (SSSR count). The van der Waals surface area contributed by atoms with Crippen molar-refractivity contribution in [3.8, 4) is 16.3 Å². The number of aryl methyl sites for hydroxylation is 1. The van der Waals surface area contributed by atoms with Gasteiger partial charge >= 0.3 is 0 Å². The van der Waals surface area contributed by atoms with E-state index in [1.807, 2.05) is 45.0 Å². The summed E-state index contributed by atoms with van der Waals surface area (Å²) >= 11 is 4.84. The Bertz CT molecular complexity index is 1260. The number of carbonyl (C=O) groups is 2. The molecule has 210 valence electrons. The van der Waals surface area contributed by atoms with Gasteiger partial charge < -0.3 is 29.7 Å². The van der Waals surface area contributed by atoms with Crippen molar-refractivity contribution in [3.63, 3.8) is 0 Å². The summed E-state index contributed by atoms with van der Waals surface area (Å²) in [5.74, 6) is -1.04. The highest BCUT2D eigenvalue weighted by molar-refractivity contribution is 9.09. The van der Waals surface area contributed by atoms with Crippen LogP contribution in [0.2, 0.25) is 0 Å². The molecule has 1 fully saturated rings. The molecule has 10 nitrogen and oxygen atoms in total. The largest absolute Gasteiger partial charge is 0.475 e. The highest BCUT2D eigenvalue weighted by Crippen LogP contribution is 2.33. The number of nitrogens with one attached hydrogen (secondary N) is 1. The van der Waals surface area contributed by atoms with E-state index in [9.17, 15) is 19.8 Å². The lowest BCUT2D eigenvalue weighted by atomic mass is 9.91.